The monoisotopic (exact) mass is 481 g/mol. The molecular formula is C27H39N5O3. The Labute approximate surface area is 209 Å². The number of carbonyl (C=O) groups is 2. The Morgan fingerprint density at radius 3 is 2.51 bits per heavy atom. The van der Waals surface area contributed by atoms with Gasteiger partial charge in [-0.05, 0) is 49.9 Å². The van der Waals surface area contributed by atoms with Crippen LogP contribution >= 0.6 is 0 Å². The Morgan fingerprint density at radius 1 is 1.06 bits per heavy atom. The number of methoxy groups -OCH3 is 1. The van der Waals surface area contributed by atoms with Crippen molar-refractivity contribution in [2.75, 3.05) is 44.7 Å². The van der Waals surface area contributed by atoms with Crippen molar-refractivity contribution in [1.82, 2.24) is 20.0 Å². The summed E-state index contributed by atoms with van der Waals surface area (Å²) in [6.07, 6.45) is 2.14. The van der Waals surface area contributed by atoms with Crippen molar-refractivity contribution in [3.63, 3.8) is 0 Å². The first-order valence-corrected chi connectivity index (χ1v) is 12.6. The van der Waals surface area contributed by atoms with Crippen LogP contribution in [0.25, 0.3) is 11.3 Å². The van der Waals surface area contributed by atoms with E-state index in [-0.39, 0.29) is 30.3 Å². The van der Waals surface area contributed by atoms with E-state index in [1.54, 1.807) is 12.0 Å². The van der Waals surface area contributed by atoms with Crippen LogP contribution in [0.15, 0.2) is 36.4 Å². The summed E-state index contributed by atoms with van der Waals surface area (Å²) in [4.78, 5) is 31.7. The number of amides is 2. The van der Waals surface area contributed by atoms with E-state index in [2.05, 4.69) is 22.0 Å². The van der Waals surface area contributed by atoms with Crippen molar-refractivity contribution in [2.45, 2.75) is 53.0 Å². The lowest BCUT2D eigenvalue weighted by Crippen LogP contribution is -2.47. The van der Waals surface area contributed by atoms with Crippen molar-refractivity contribution in [2.24, 2.45) is 5.92 Å². The third kappa shape index (κ3) is 7.16. The minimum atomic E-state index is 0.0173. The molecule has 190 valence electrons. The van der Waals surface area contributed by atoms with Gasteiger partial charge in [0.05, 0.1) is 19.3 Å². The summed E-state index contributed by atoms with van der Waals surface area (Å²) in [5.74, 6) is 1.93. The van der Waals surface area contributed by atoms with Gasteiger partial charge in [0, 0.05) is 44.2 Å². The van der Waals surface area contributed by atoms with Crippen LogP contribution in [-0.4, -0.2) is 77.7 Å². The summed E-state index contributed by atoms with van der Waals surface area (Å²) in [6.45, 7) is 11.0. The van der Waals surface area contributed by atoms with Gasteiger partial charge in [-0.2, -0.15) is 0 Å². The van der Waals surface area contributed by atoms with Crippen molar-refractivity contribution in [3.8, 4) is 17.0 Å². The average molecular weight is 482 g/mol. The van der Waals surface area contributed by atoms with Crippen LogP contribution in [-0.2, 0) is 9.59 Å². The third-order valence-corrected chi connectivity index (χ3v) is 6.52. The molecule has 0 saturated carbocycles. The van der Waals surface area contributed by atoms with Crippen LogP contribution < -0.4 is 9.64 Å². The summed E-state index contributed by atoms with van der Waals surface area (Å²) in [7, 11) is 1.65. The molecule has 1 fully saturated rings. The number of nitrogens with zero attached hydrogens (tertiary/aromatic N) is 5. The van der Waals surface area contributed by atoms with Crippen LogP contribution in [0.1, 0.15) is 47.0 Å². The predicted molar refractivity (Wildman–Crippen MR) is 138 cm³/mol. The van der Waals surface area contributed by atoms with Crippen LogP contribution in [0.5, 0.6) is 5.75 Å². The van der Waals surface area contributed by atoms with Gasteiger partial charge < -0.3 is 19.4 Å². The fourth-order valence-corrected chi connectivity index (χ4v) is 4.25. The molecule has 35 heavy (non-hydrogen) atoms. The molecule has 8 heteroatoms. The number of ether oxygens (including phenoxy) is 1. The van der Waals surface area contributed by atoms with E-state index in [4.69, 9.17) is 4.74 Å². The van der Waals surface area contributed by atoms with E-state index in [9.17, 15) is 9.59 Å². The van der Waals surface area contributed by atoms with E-state index in [1.807, 2.05) is 62.1 Å². The molecule has 0 radical (unpaired) electrons. The van der Waals surface area contributed by atoms with Gasteiger partial charge in [-0.1, -0.05) is 32.9 Å². The average Bonchev–Trinajstić information content (AvgIpc) is 3.13. The largest absolute Gasteiger partial charge is 0.497 e. The standard InChI is InChI=1S/C27H39N5O3/c1-6-21(4)32(26(33)17-20(2)3)19-27(34)31-14-8-13-30(15-16-31)25-12-11-24(28-29-25)22-9-7-10-23(18-22)35-5/h7,9-12,18,20-21H,6,8,13-17,19H2,1-5H3. The maximum absolute atomic E-state index is 13.1. The number of benzene rings is 1. The van der Waals surface area contributed by atoms with Crippen molar-refractivity contribution in [3.05, 3.63) is 36.4 Å². The van der Waals surface area contributed by atoms with Gasteiger partial charge in [0.2, 0.25) is 11.8 Å². The first-order valence-electron chi connectivity index (χ1n) is 12.6. The van der Waals surface area contributed by atoms with Crippen LogP contribution in [0.3, 0.4) is 0 Å². The number of hydrogen-bond acceptors (Lipinski definition) is 6. The molecular weight excluding hydrogens is 442 g/mol. The minimum Gasteiger partial charge on any atom is -0.497 e. The first kappa shape index (κ1) is 26.4. The fraction of sp³-hybridized carbons (Fsp3) is 0.556. The Bertz CT molecular complexity index is 979. The minimum absolute atomic E-state index is 0.0173. The van der Waals surface area contributed by atoms with Gasteiger partial charge >= 0.3 is 0 Å². The zero-order valence-corrected chi connectivity index (χ0v) is 21.7. The molecule has 0 N–H and O–H groups in total. The first-order chi connectivity index (χ1) is 16.8. The normalized spacial score (nSPS) is 15.0. The highest BCUT2D eigenvalue weighted by Gasteiger charge is 2.26. The van der Waals surface area contributed by atoms with Gasteiger partial charge in [-0.3, -0.25) is 9.59 Å². The van der Waals surface area contributed by atoms with Crippen LogP contribution in [0, 0.1) is 5.92 Å². The molecule has 2 heterocycles. The van der Waals surface area contributed by atoms with Crippen LogP contribution in [0.2, 0.25) is 0 Å². The van der Waals surface area contributed by atoms with E-state index >= 15 is 0 Å². The molecule has 2 amide bonds. The summed E-state index contributed by atoms with van der Waals surface area (Å²) >= 11 is 0. The number of hydrogen-bond donors (Lipinski definition) is 0. The molecule has 2 aromatic rings. The molecule has 0 bridgehead atoms. The topological polar surface area (TPSA) is 78.9 Å². The number of aromatic nitrogens is 2. The second-order valence-electron chi connectivity index (χ2n) is 9.61. The SMILES string of the molecule is CCC(C)N(CC(=O)N1CCCN(c2ccc(-c3cccc(OC)c3)nn2)CC1)C(=O)CC(C)C. The van der Waals surface area contributed by atoms with Gasteiger partial charge in [0.25, 0.3) is 0 Å². The smallest absolute Gasteiger partial charge is 0.242 e. The maximum Gasteiger partial charge on any atom is 0.242 e. The number of carbonyl (C=O) groups excluding carboxylic acids is 2. The molecule has 0 aliphatic carbocycles. The summed E-state index contributed by atoms with van der Waals surface area (Å²) in [5, 5.41) is 8.88. The molecule has 1 aromatic heterocycles. The maximum atomic E-state index is 13.1. The molecule has 1 aliphatic heterocycles. The van der Waals surface area contributed by atoms with E-state index in [1.165, 1.54) is 0 Å². The Kier molecular flexibility index (Phi) is 9.46. The highest BCUT2D eigenvalue weighted by molar-refractivity contribution is 5.85. The highest BCUT2D eigenvalue weighted by Crippen LogP contribution is 2.23. The Hall–Kier alpha value is -3.16. The molecule has 1 atom stereocenters. The summed E-state index contributed by atoms with van der Waals surface area (Å²) in [6, 6.07) is 11.8. The fourth-order valence-electron chi connectivity index (χ4n) is 4.25. The molecule has 1 aliphatic rings. The lowest BCUT2D eigenvalue weighted by Gasteiger charge is -2.31. The van der Waals surface area contributed by atoms with Crippen molar-refractivity contribution < 1.29 is 14.3 Å². The highest BCUT2D eigenvalue weighted by atomic mass is 16.5. The molecule has 3 rings (SSSR count). The Morgan fingerprint density at radius 2 is 1.86 bits per heavy atom. The second kappa shape index (κ2) is 12.5. The molecule has 0 spiro atoms. The van der Waals surface area contributed by atoms with Gasteiger partial charge in [-0.25, -0.2) is 0 Å². The lowest BCUT2D eigenvalue weighted by atomic mass is 10.1. The molecule has 1 unspecified atom stereocenters. The lowest BCUT2D eigenvalue weighted by molar-refractivity contribution is -0.142. The zero-order chi connectivity index (χ0) is 25.4. The Balaban J connectivity index is 1.62. The summed E-state index contributed by atoms with van der Waals surface area (Å²) in [5.41, 5.74) is 1.74. The molecule has 1 saturated heterocycles. The second-order valence-corrected chi connectivity index (χ2v) is 9.61. The van der Waals surface area contributed by atoms with Gasteiger partial charge in [0.1, 0.15) is 5.75 Å². The molecule has 1 aromatic carbocycles. The van der Waals surface area contributed by atoms with E-state index in [0.717, 1.165) is 42.2 Å². The quantitative estimate of drug-likeness (QED) is 0.541. The van der Waals surface area contributed by atoms with Gasteiger partial charge in [0.15, 0.2) is 5.82 Å². The van der Waals surface area contributed by atoms with Crippen LogP contribution in [0.4, 0.5) is 5.82 Å². The van der Waals surface area contributed by atoms with Gasteiger partial charge in [-0.15, -0.1) is 10.2 Å². The number of anilines is 1. The zero-order valence-electron chi connectivity index (χ0n) is 21.7. The van der Waals surface area contributed by atoms with Crippen molar-refractivity contribution >= 4 is 17.6 Å². The predicted octanol–water partition coefficient (Wildman–Crippen LogP) is 3.86. The third-order valence-electron chi connectivity index (χ3n) is 6.52. The van der Waals surface area contributed by atoms with E-state index < -0.39 is 0 Å². The number of rotatable bonds is 9. The van der Waals surface area contributed by atoms with E-state index in [0.29, 0.717) is 26.1 Å². The summed E-state index contributed by atoms with van der Waals surface area (Å²) < 4.78 is 5.30. The molecule has 8 nitrogen and oxygen atoms in total. The van der Waals surface area contributed by atoms with Crippen molar-refractivity contribution in [1.29, 1.82) is 0 Å².